The van der Waals surface area contributed by atoms with Gasteiger partial charge in [-0.05, 0) is 51.1 Å². The molecule has 1 atom stereocenters. The SMILES string of the molecule is CC(C)(Cc1coc(C2(C)C(=O)Nc3nc(-c4nn(Cc5ncccc5F)c5cc(Cl)ccc45)nc(N)c32)n1)C(=O)O. The van der Waals surface area contributed by atoms with Gasteiger partial charge in [-0.15, -0.1) is 0 Å². The first-order chi connectivity index (χ1) is 19.9. The molecule has 0 fully saturated rings. The van der Waals surface area contributed by atoms with Crippen LogP contribution >= 0.6 is 11.6 Å². The lowest BCUT2D eigenvalue weighted by atomic mass is 9.84. The van der Waals surface area contributed by atoms with Crippen molar-refractivity contribution in [2.75, 3.05) is 11.1 Å². The van der Waals surface area contributed by atoms with Crippen molar-refractivity contribution in [3.63, 3.8) is 0 Å². The molecule has 0 saturated heterocycles. The van der Waals surface area contributed by atoms with Gasteiger partial charge in [-0.25, -0.2) is 19.3 Å². The summed E-state index contributed by atoms with van der Waals surface area (Å²) in [7, 11) is 0. The molecule has 1 aliphatic heterocycles. The quantitative estimate of drug-likeness (QED) is 0.249. The number of oxazole rings is 1. The van der Waals surface area contributed by atoms with Crippen LogP contribution in [0, 0.1) is 11.2 Å². The van der Waals surface area contributed by atoms with E-state index in [9.17, 15) is 19.1 Å². The fourth-order valence-electron chi connectivity index (χ4n) is 4.97. The lowest BCUT2D eigenvalue weighted by molar-refractivity contribution is -0.146. The highest BCUT2D eigenvalue weighted by molar-refractivity contribution is 6.31. The number of hydrogen-bond donors (Lipinski definition) is 3. The first kappa shape index (κ1) is 27.3. The Labute approximate surface area is 242 Å². The molecule has 14 heteroatoms. The number of carboxylic acid groups (broad SMARTS) is 1. The maximum atomic E-state index is 14.4. The van der Waals surface area contributed by atoms with Gasteiger partial charge in [0, 0.05) is 23.0 Å². The summed E-state index contributed by atoms with van der Waals surface area (Å²) < 4.78 is 21.6. The van der Waals surface area contributed by atoms with Gasteiger partial charge < -0.3 is 20.6 Å². The van der Waals surface area contributed by atoms with Crippen molar-refractivity contribution >= 4 is 46.0 Å². The predicted molar refractivity (Wildman–Crippen MR) is 150 cm³/mol. The van der Waals surface area contributed by atoms with Crippen molar-refractivity contribution in [1.82, 2.24) is 29.7 Å². The molecule has 12 nitrogen and oxygen atoms in total. The molecule has 0 saturated carbocycles. The largest absolute Gasteiger partial charge is 0.481 e. The molecule has 0 spiro atoms. The van der Waals surface area contributed by atoms with E-state index < -0.39 is 28.5 Å². The van der Waals surface area contributed by atoms with Gasteiger partial charge >= 0.3 is 5.97 Å². The van der Waals surface area contributed by atoms with Crippen LogP contribution < -0.4 is 11.1 Å². The molecule has 1 unspecified atom stereocenters. The third-order valence-electron chi connectivity index (χ3n) is 7.36. The van der Waals surface area contributed by atoms with E-state index in [1.54, 1.807) is 43.7 Å². The molecule has 6 rings (SSSR count). The van der Waals surface area contributed by atoms with Crippen LogP contribution in [0.15, 0.2) is 47.2 Å². The number of fused-ring (bicyclic) bond motifs is 2. The second-order valence-corrected chi connectivity index (χ2v) is 11.3. The minimum Gasteiger partial charge on any atom is -0.481 e. The first-order valence-electron chi connectivity index (χ1n) is 12.8. The first-order valence-corrected chi connectivity index (χ1v) is 13.2. The topological polar surface area (TPSA) is 175 Å². The number of pyridine rings is 1. The monoisotopic (exact) mass is 590 g/mol. The standard InChI is InChI=1S/C28H24ClFN8O4/c1-27(2,26(40)41)10-14-12-42-25(33-14)28(3)19-21(31)34-23(35-22(19)36-24(28)39)20-15-7-6-13(29)9-18(15)38(37-20)11-17-16(30)5-4-8-32-17/h4-9,12H,10-11H2,1-3H3,(H,40,41)(H3,31,34,35,36,39). The average molecular weight is 591 g/mol. The van der Waals surface area contributed by atoms with E-state index in [1.165, 1.54) is 24.6 Å². The maximum absolute atomic E-state index is 14.4. The molecular weight excluding hydrogens is 567 g/mol. The molecule has 0 radical (unpaired) electrons. The van der Waals surface area contributed by atoms with Gasteiger partial charge in [-0.3, -0.25) is 19.3 Å². The number of amides is 1. The summed E-state index contributed by atoms with van der Waals surface area (Å²) >= 11 is 6.27. The van der Waals surface area contributed by atoms with Gasteiger partial charge in [-0.2, -0.15) is 5.10 Å². The summed E-state index contributed by atoms with van der Waals surface area (Å²) in [5.41, 5.74) is 5.63. The Morgan fingerprint density at radius 2 is 2.05 bits per heavy atom. The summed E-state index contributed by atoms with van der Waals surface area (Å²) in [6, 6.07) is 7.93. The van der Waals surface area contributed by atoms with Crippen LogP contribution in [0.5, 0.6) is 0 Å². The summed E-state index contributed by atoms with van der Waals surface area (Å²) in [4.78, 5) is 42.6. The van der Waals surface area contributed by atoms with E-state index in [0.29, 0.717) is 27.3 Å². The van der Waals surface area contributed by atoms with Gasteiger partial charge in [0.2, 0.25) is 11.8 Å². The Morgan fingerprint density at radius 3 is 2.79 bits per heavy atom. The van der Waals surface area contributed by atoms with Gasteiger partial charge in [0.05, 0.1) is 34.4 Å². The van der Waals surface area contributed by atoms with Crippen molar-refractivity contribution < 1.29 is 23.5 Å². The van der Waals surface area contributed by atoms with Gasteiger partial charge in [0.1, 0.15) is 29.4 Å². The minimum absolute atomic E-state index is 0.00565. The smallest absolute Gasteiger partial charge is 0.309 e. The number of anilines is 2. The summed E-state index contributed by atoms with van der Waals surface area (Å²) in [5, 5.41) is 17.9. The van der Waals surface area contributed by atoms with E-state index >= 15 is 0 Å². The Kier molecular flexibility index (Phi) is 6.22. The van der Waals surface area contributed by atoms with Crippen LogP contribution in [0.25, 0.3) is 22.4 Å². The fourth-order valence-corrected chi connectivity index (χ4v) is 5.14. The van der Waals surface area contributed by atoms with E-state index in [4.69, 9.17) is 21.8 Å². The Hall–Kier alpha value is -4.91. The number of nitrogens with zero attached hydrogens (tertiary/aromatic N) is 6. The second-order valence-electron chi connectivity index (χ2n) is 10.8. The van der Waals surface area contributed by atoms with Crippen LogP contribution in [-0.4, -0.2) is 46.7 Å². The molecule has 1 aromatic carbocycles. The molecule has 5 heterocycles. The minimum atomic E-state index is -1.48. The molecule has 0 bridgehead atoms. The maximum Gasteiger partial charge on any atom is 0.309 e. The average Bonchev–Trinajstić information content (AvgIpc) is 3.60. The number of benzene rings is 1. The highest BCUT2D eigenvalue weighted by Crippen LogP contribution is 2.45. The van der Waals surface area contributed by atoms with E-state index in [1.807, 2.05) is 0 Å². The third-order valence-corrected chi connectivity index (χ3v) is 7.60. The molecule has 214 valence electrons. The zero-order chi connectivity index (χ0) is 30.0. The number of carboxylic acids is 1. The van der Waals surface area contributed by atoms with Gasteiger partial charge in [-0.1, -0.05) is 11.6 Å². The van der Waals surface area contributed by atoms with E-state index in [2.05, 4.69) is 30.4 Å². The van der Waals surface area contributed by atoms with Crippen LogP contribution in [-0.2, 0) is 28.0 Å². The van der Waals surface area contributed by atoms with E-state index in [0.717, 1.165) is 0 Å². The number of halogens is 2. The second kappa shape index (κ2) is 9.58. The number of nitrogens with one attached hydrogen (secondary N) is 1. The van der Waals surface area contributed by atoms with Crippen LogP contribution in [0.4, 0.5) is 16.0 Å². The van der Waals surface area contributed by atoms with Crippen molar-refractivity contribution in [2.24, 2.45) is 5.41 Å². The van der Waals surface area contributed by atoms with Crippen LogP contribution in [0.3, 0.4) is 0 Å². The zero-order valence-corrected chi connectivity index (χ0v) is 23.4. The van der Waals surface area contributed by atoms with E-state index in [-0.39, 0.29) is 47.6 Å². The molecule has 1 aliphatic rings. The summed E-state index contributed by atoms with van der Waals surface area (Å²) in [6.45, 7) is 4.74. The lowest BCUT2D eigenvalue weighted by Gasteiger charge is -2.19. The summed E-state index contributed by atoms with van der Waals surface area (Å²) in [5.74, 6) is -1.66. The number of nitrogens with two attached hydrogens (primary N) is 1. The molecule has 4 aromatic heterocycles. The fraction of sp³-hybridized carbons (Fsp3) is 0.250. The lowest BCUT2D eigenvalue weighted by Crippen LogP contribution is -2.33. The number of aliphatic carboxylic acids is 1. The number of rotatable bonds is 7. The van der Waals surface area contributed by atoms with Crippen molar-refractivity contribution in [2.45, 2.75) is 39.2 Å². The Morgan fingerprint density at radius 1 is 1.26 bits per heavy atom. The van der Waals surface area contributed by atoms with Crippen LogP contribution in [0.2, 0.25) is 5.02 Å². The van der Waals surface area contributed by atoms with Gasteiger partial charge in [0.15, 0.2) is 11.2 Å². The van der Waals surface area contributed by atoms with Crippen LogP contribution in [0.1, 0.15) is 43.6 Å². The number of nitrogen functional groups attached to an aromatic ring is 1. The molecular formula is C28H24ClFN8O4. The molecule has 4 N–H and O–H groups in total. The molecule has 42 heavy (non-hydrogen) atoms. The highest BCUT2D eigenvalue weighted by Gasteiger charge is 2.51. The Balaban J connectivity index is 1.42. The van der Waals surface area contributed by atoms with Crippen molar-refractivity contribution in [3.8, 4) is 11.5 Å². The van der Waals surface area contributed by atoms with Crippen molar-refractivity contribution in [1.29, 1.82) is 0 Å². The third kappa shape index (κ3) is 4.33. The summed E-state index contributed by atoms with van der Waals surface area (Å²) in [6.07, 6.45) is 2.91. The number of carbonyl (C=O) groups is 2. The number of aromatic nitrogens is 6. The molecule has 0 aliphatic carbocycles. The molecule has 5 aromatic rings. The normalized spacial score (nSPS) is 16.5. The number of hydrogen-bond acceptors (Lipinski definition) is 9. The predicted octanol–water partition coefficient (Wildman–Crippen LogP) is 4.21. The molecule has 1 amide bonds. The Bertz CT molecular complexity index is 1920. The van der Waals surface area contributed by atoms with Crippen molar-refractivity contribution in [3.05, 3.63) is 76.5 Å². The van der Waals surface area contributed by atoms with Gasteiger partial charge in [0.25, 0.3) is 0 Å². The zero-order valence-electron chi connectivity index (χ0n) is 22.6. The highest BCUT2D eigenvalue weighted by atomic mass is 35.5. The number of carbonyl (C=O) groups excluding carboxylic acids is 1.